The SMILES string of the molecule is Cc1ccccc1CN(C(=O)CN(c1ccc([N+](=O)[O-])cc1)S(=O)(=O)c1ccccc1)[C@@H](Cc1ccccc1)C(=O)NC(C)(C)C. The molecular formula is C35H38N4O6S. The van der Waals surface area contributed by atoms with Crippen molar-refractivity contribution in [3.63, 3.8) is 0 Å². The van der Waals surface area contributed by atoms with E-state index in [1.54, 1.807) is 18.2 Å². The predicted molar refractivity (Wildman–Crippen MR) is 178 cm³/mol. The molecule has 11 heteroatoms. The highest BCUT2D eigenvalue weighted by molar-refractivity contribution is 7.92. The number of nitro benzene ring substituents is 1. The Morgan fingerprint density at radius 2 is 1.41 bits per heavy atom. The van der Waals surface area contributed by atoms with Crippen molar-refractivity contribution >= 4 is 33.2 Å². The molecule has 4 aromatic rings. The van der Waals surface area contributed by atoms with Gasteiger partial charge in [0.15, 0.2) is 0 Å². The van der Waals surface area contributed by atoms with Gasteiger partial charge in [0.1, 0.15) is 12.6 Å². The van der Waals surface area contributed by atoms with Gasteiger partial charge in [0, 0.05) is 30.6 Å². The fourth-order valence-corrected chi connectivity index (χ4v) is 6.40. The Morgan fingerprint density at radius 1 is 0.848 bits per heavy atom. The number of hydrogen-bond donors (Lipinski definition) is 1. The second kappa shape index (κ2) is 14.4. The van der Waals surface area contributed by atoms with Crippen LogP contribution >= 0.6 is 0 Å². The number of anilines is 1. The van der Waals surface area contributed by atoms with Crippen LogP contribution < -0.4 is 9.62 Å². The molecule has 0 fully saturated rings. The van der Waals surface area contributed by atoms with Gasteiger partial charge in [-0.05, 0) is 68.7 Å². The van der Waals surface area contributed by atoms with Gasteiger partial charge >= 0.3 is 0 Å². The highest BCUT2D eigenvalue weighted by Crippen LogP contribution is 2.27. The average molecular weight is 643 g/mol. The maximum atomic E-state index is 14.5. The molecule has 1 N–H and O–H groups in total. The summed E-state index contributed by atoms with van der Waals surface area (Å²) >= 11 is 0. The first-order chi connectivity index (χ1) is 21.8. The summed E-state index contributed by atoms with van der Waals surface area (Å²) in [6.07, 6.45) is 0.184. The largest absolute Gasteiger partial charge is 0.350 e. The molecule has 4 rings (SSSR count). The van der Waals surface area contributed by atoms with E-state index in [4.69, 9.17) is 0 Å². The van der Waals surface area contributed by atoms with E-state index in [-0.39, 0.29) is 35.1 Å². The minimum atomic E-state index is -4.32. The van der Waals surface area contributed by atoms with Crippen molar-refractivity contribution in [1.29, 1.82) is 0 Å². The molecule has 0 heterocycles. The molecule has 0 saturated carbocycles. The van der Waals surface area contributed by atoms with Crippen molar-refractivity contribution in [2.45, 2.75) is 57.1 Å². The summed E-state index contributed by atoms with van der Waals surface area (Å²) in [6.45, 7) is 6.83. The molecule has 0 bridgehead atoms. The second-order valence-electron chi connectivity index (χ2n) is 12.0. The van der Waals surface area contributed by atoms with Crippen molar-refractivity contribution < 1.29 is 22.9 Å². The van der Waals surface area contributed by atoms with Gasteiger partial charge in [0.05, 0.1) is 15.5 Å². The molecule has 1 atom stereocenters. The monoisotopic (exact) mass is 642 g/mol. The summed E-state index contributed by atoms with van der Waals surface area (Å²) in [5.41, 5.74) is 1.75. The lowest BCUT2D eigenvalue weighted by Gasteiger charge is -2.35. The predicted octanol–water partition coefficient (Wildman–Crippen LogP) is 5.65. The number of hydrogen-bond acceptors (Lipinski definition) is 6. The maximum Gasteiger partial charge on any atom is 0.269 e. The molecule has 240 valence electrons. The number of aryl methyl sites for hydroxylation is 1. The first-order valence-corrected chi connectivity index (χ1v) is 16.2. The number of nitrogens with one attached hydrogen (secondary N) is 1. The van der Waals surface area contributed by atoms with Crippen LogP contribution in [0.25, 0.3) is 0 Å². The van der Waals surface area contributed by atoms with Crippen molar-refractivity contribution in [2.75, 3.05) is 10.8 Å². The zero-order chi connectivity index (χ0) is 33.5. The van der Waals surface area contributed by atoms with Gasteiger partial charge in [-0.1, -0.05) is 72.8 Å². The summed E-state index contributed by atoms with van der Waals surface area (Å²) < 4.78 is 29.0. The molecule has 0 aliphatic rings. The van der Waals surface area contributed by atoms with E-state index in [1.807, 2.05) is 82.3 Å². The molecule has 0 aliphatic carbocycles. The van der Waals surface area contributed by atoms with Crippen molar-refractivity contribution in [3.8, 4) is 0 Å². The van der Waals surface area contributed by atoms with E-state index in [1.165, 1.54) is 41.3 Å². The third-order valence-electron chi connectivity index (χ3n) is 7.33. The number of benzene rings is 4. The fourth-order valence-electron chi connectivity index (χ4n) is 4.97. The minimum Gasteiger partial charge on any atom is -0.350 e. The lowest BCUT2D eigenvalue weighted by atomic mass is 10.00. The first-order valence-electron chi connectivity index (χ1n) is 14.8. The summed E-state index contributed by atoms with van der Waals surface area (Å²) in [7, 11) is -4.32. The van der Waals surface area contributed by atoms with Crippen LogP contribution in [0, 0.1) is 17.0 Å². The van der Waals surface area contributed by atoms with Crippen LogP contribution in [-0.4, -0.2) is 48.2 Å². The number of nitrogens with zero attached hydrogens (tertiary/aromatic N) is 3. The third-order valence-corrected chi connectivity index (χ3v) is 9.12. The van der Waals surface area contributed by atoms with Crippen LogP contribution in [0.3, 0.4) is 0 Å². The van der Waals surface area contributed by atoms with Gasteiger partial charge in [0.2, 0.25) is 11.8 Å². The Bertz CT molecular complexity index is 1770. The molecule has 10 nitrogen and oxygen atoms in total. The van der Waals surface area contributed by atoms with Crippen LogP contribution in [0.15, 0.2) is 114 Å². The lowest BCUT2D eigenvalue weighted by Crippen LogP contribution is -2.56. The molecule has 0 unspecified atom stereocenters. The number of carbonyl (C=O) groups excluding carboxylic acids is 2. The summed E-state index contributed by atoms with van der Waals surface area (Å²) in [5.74, 6) is -1.00. The summed E-state index contributed by atoms with van der Waals surface area (Å²) in [4.78, 5) is 40.6. The van der Waals surface area contributed by atoms with Gasteiger partial charge < -0.3 is 10.2 Å². The third kappa shape index (κ3) is 8.57. The highest BCUT2D eigenvalue weighted by atomic mass is 32.2. The molecule has 4 aromatic carbocycles. The highest BCUT2D eigenvalue weighted by Gasteiger charge is 2.36. The number of amides is 2. The van der Waals surface area contributed by atoms with Crippen LogP contribution in [-0.2, 0) is 32.6 Å². The summed E-state index contributed by atoms with van der Waals surface area (Å²) in [5, 5.41) is 14.3. The fraction of sp³-hybridized carbons (Fsp3) is 0.257. The lowest BCUT2D eigenvalue weighted by molar-refractivity contribution is -0.384. The molecule has 46 heavy (non-hydrogen) atoms. The number of carbonyl (C=O) groups is 2. The molecule has 0 aromatic heterocycles. The average Bonchev–Trinajstić information content (AvgIpc) is 3.02. The Kier molecular flexibility index (Phi) is 10.6. The smallest absolute Gasteiger partial charge is 0.269 e. The van der Waals surface area contributed by atoms with Crippen molar-refractivity contribution in [1.82, 2.24) is 10.2 Å². The summed E-state index contributed by atoms with van der Waals surface area (Å²) in [6, 6.07) is 28.4. The van der Waals surface area contributed by atoms with E-state index < -0.39 is 39.0 Å². The Morgan fingerprint density at radius 3 is 1.98 bits per heavy atom. The molecular weight excluding hydrogens is 604 g/mol. The molecule has 0 saturated heterocycles. The number of sulfonamides is 1. The molecule has 0 aliphatic heterocycles. The number of nitro groups is 1. The minimum absolute atomic E-state index is 0.0417. The zero-order valence-electron chi connectivity index (χ0n) is 26.3. The van der Waals surface area contributed by atoms with Crippen molar-refractivity contribution in [2.24, 2.45) is 0 Å². The van der Waals surface area contributed by atoms with E-state index in [0.717, 1.165) is 21.0 Å². The van der Waals surface area contributed by atoms with Gasteiger partial charge in [-0.15, -0.1) is 0 Å². The van der Waals surface area contributed by atoms with E-state index >= 15 is 0 Å². The van der Waals surface area contributed by atoms with Crippen LogP contribution in [0.1, 0.15) is 37.5 Å². The Hall–Kier alpha value is -5.03. The zero-order valence-corrected chi connectivity index (χ0v) is 27.1. The van der Waals surface area contributed by atoms with Crippen molar-refractivity contribution in [3.05, 3.63) is 136 Å². The standard InChI is InChI=1S/C35H38N4O6S/c1-26-13-11-12-16-28(26)24-37(32(34(41)36-35(2,3)4)23-27-14-7-5-8-15-27)33(40)25-38(29-19-21-30(22-20-29)39(42)43)46(44,45)31-17-9-6-10-18-31/h5-22,32H,23-25H2,1-4H3,(H,36,41)/t32-/m0/s1. The van der Waals surface area contributed by atoms with Crippen LogP contribution in [0.2, 0.25) is 0 Å². The molecule has 2 amide bonds. The van der Waals surface area contributed by atoms with Gasteiger partial charge in [-0.25, -0.2) is 8.42 Å². The maximum absolute atomic E-state index is 14.5. The topological polar surface area (TPSA) is 130 Å². The van der Waals surface area contributed by atoms with Gasteiger partial charge in [-0.3, -0.25) is 24.0 Å². The van der Waals surface area contributed by atoms with E-state index in [9.17, 15) is 28.1 Å². The van der Waals surface area contributed by atoms with E-state index in [0.29, 0.717) is 0 Å². The number of non-ortho nitro benzene ring substituents is 1. The Labute approximate surface area is 269 Å². The molecule has 0 radical (unpaired) electrons. The van der Waals surface area contributed by atoms with Gasteiger partial charge in [0.25, 0.3) is 15.7 Å². The van der Waals surface area contributed by atoms with Crippen LogP contribution in [0.5, 0.6) is 0 Å². The quantitative estimate of drug-likeness (QED) is 0.157. The molecule has 0 spiro atoms. The van der Waals surface area contributed by atoms with E-state index in [2.05, 4.69) is 5.32 Å². The second-order valence-corrected chi connectivity index (χ2v) is 13.9. The Balaban J connectivity index is 1.83. The van der Waals surface area contributed by atoms with Gasteiger partial charge in [-0.2, -0.15) is 0 Å². The van der Waals surface area contributed by atoms with Crippen LogP contribution in [0.4, 0.5) is 11.4 Å². The first kappa shape index (κ1) is 33.9. The number of rotatable bonds is 12. The normalized spacial score (nSPS) is 12.2.